The summed E-state index contributed by atoms with van der Waals surface area (Å²) in [5.74, 6) is -0.621. The first-order valence-corrected chi connectivity index (χ1v) is 7.85. The van der Waals surface area contributed by atoms with Crippen molar-refractivity contribution in [2.24, 2.45) is 5.92 Å². The number of aryl methyl sites for hydroxylation is 1. The monoisotopic (exact) mass is 304 g/mol. The Balaban J connectivity index is 2.87. The van der Waals surface area contributed by atoms with Crippen LogP contribution in [0.5, 0.6) is 0 Å². The van der Waals surface area contributed by atoms with Gasteiger partial charge in [0.1, 0.15) is 10.7 Å². The largest absolute Gasteiger partial charge is 0.398 e. The lowest BCUT2D eigenvalue weighted by molar-refractivity contribution is 0.152. The van der Waals surface area contributed by atoms with Gasteiger partial charge in [-0.3, -0.25) is 0 Å². The number of nitrogens with one attached hydrogen (secondary N) is 1. The summed E-state index contributed by atoms with van der Waals surface area (Å²) in [5, 5.41) is 9.65. The third kappa shape index (κ3) is 4.43. The Hall–Kier alpha value is -1.18. The molecule has 5 nitrogen and oxygen atoms in total. The lowest BCUT2D eigenvalue weighted by Crippen LogP contribution is -2.33. The molecule has 0 fully saturated rings. The van der Waals surface area contributed by atoms with Crippen molar-refractivity contribution in [2.75, 3.05) is 12.3 Å². The number of hydrogen-bond acceptors (Lipinski definition) is 4. The Bertz CT molecular complexity index is 573. The van der Waals surface area contributed by atoms with E-state index in [1.807, 2.05) is 13.8 Å². The molecule has 0 saturated carbocycles. The molecule has 1 rings (SSSR count). The van der Waals surface area contributed by atoms with Crippen molar-refractivity contribution in [2.45, 2.75) is 38.2 Å². The summed E-state index contributed by atoms with van der Waals surface area (Å²) in [6.07, 6.45) is -0.350. The molecule has 0 aliphatic rings. The molecule has 1 aromatic carbocycles. The van der Waals surface area contributed by atoms with Crippen molar-refractivity contribution in [3.05, 3.63) is 23.5 Å². The molecular weight excluding hydrogens is 283 g/mol. The number of nitrogen functional groups attached to an aromatic ring is 1. The number of aliphatic hydroxyl groups is 1. The van der Waals surface area contributed by atoms with Crippen LogP contribution in [0.25, 0.3) is 0 Å². The number of benzene rings is 1. The van der Waals surface area contributed by atoms with Crippen LogP contribution in [0.1, 0.15) is 25.8 Å². The summed E-state index contributed by atoms with van der Waals surface area (Å²) < 4.78 is 39.9. The highest BCUT2D eigenvalue weighted by atomic mass is 32.2. The van der Waals surface area contributed by atoms with Gasteiger partial charge in [-0.15, -0.1) is 0 Å². The Labute approximate surface area is 119 Å². The van der Waals surface area contributed by atoms with E-state index in [0.717, 1.165) is 12.1 Å². The Morgan fingerprint density at radius 3 is 2.55 bits per heavy atom. The van der Waals surface area contributed by atoms with Crippen LogP contribution in [0.4, 0.5) is 10.1 Å². The minimum atomic E-state index is -4.03. The molecule has 0 radical (unpaired) electrons. The van der Waals surface area contributed by atoms with Gasteiger partial charge in [0.15, 0.2) is 0 Å². The number of rotatable bonds is 6. The van der Waals surface area contributed by atoms with Crippen LogP contribution in [-0.4, -0.2) is 26.2 Å². The molecule has 7 heteroatoms. The Kier molecular flexibility index (Phi) is 5.50. The highest BCUT2D eigenvalue weighted by molar-refractivity contribution is 7.89. The zero-order valence-corrected chi connectivity index (χ0v) is 12.7. The zero-order valence-electron chi connectivity index (χ0n) is 11.9. The van der Waals surface area contributed by atoms with E-state index in [1.165, 1.54) is 0 Å². The summed E-state index contributed by atoms with van der Waals surface area (Å²) in [5.41, 5.74) is 6.28. The van der Waals surface area contributed by atoms with E-state index in [1.54, 1.807) is 6.92 Å². The molecule has 0 heterocycles. The molecule has 1 atom stereocenters. The average Bonchev–Trinajstić information content (AvgIpc) is 2.30. The fourth-order valence-electron chi connectivity index (χ4n) is 1.79. The summed E-state index contributed by atoms with van der Waals surface area (Å²) in [7, 11) is -4.03. The van der Waals surface area contributed by atoms with Gasteiger partial charge in [0.25, 0.3) is 0 Å². The highest BCUT2D eigenvalue weighted by Crippen LogP contribution is 2.21. The van der Waals surface area contributed by atoms with Gasteiger partial charge in [0.05, 0.1) is 6.10 Å². The van der Waals surface area contributed by atoms with E-state index in [-0.39, 0.29) is 18.2 Å². The predicted octanol–water partition coefficient (Wildman–Crippen LogP) is 1.40. The fraction of sp³-hybridized carbons (Fsp3) is 0.538. The molecule has 0 aliphatic carbocycles. The molecule has 1 unspecified atom stereocenters. The topological polar surface area (TPSA) is 92.4 Å². The summed E-state index contributed by atoms with van der Waals surface area (Å²) in [6.45, 7) is 5.26. The first-order chi connectivity index (χ1) is 9.13. The number of aliphatic hydroxyl groups excluding tert-OH is 1. The molecular formula is C13H21FN2O3S. The number of halogens is 1. The smallest absolute Gasteiger partial charge is 0.243 e. The SMILES string of the molecule is Cc1cc(F)c(S(=O)(=O)NCC(O)CC(C)C)cc1N. The molecule has 0 amide bonds. The van der Waals surface area contributed by atoms with E-state index in [2.05, 4.69) is 4.72 Å². The van der Waals surface area contributed by atoms with Crippen molar-refractivity contribution in [1.29, 1.82) is 0 Å². The summed E-state index contributed by atoms with van der Waals surface area (Å²) >= 11 is 0. The first-order valence-electron chi connectivity index (χ1n) is 6.37. The predicted molar refractivity (Wildman–Crippen MR) is 76.2 cm³/mol. The van der Waals surface area contributed by atoms with E-state index in [9.17, 15) is 17.9 Å². The van der Waals surface area contributed by atoms with Crippen LogP contribution < -0.4 is 10.5 Å². The van der Waals surface area contributed by atoms with Gasteiger partial charge in [-0.1, -0.05) is 13.8 Å². The van der Waals surface area contributed by atoms with Crippen LogP contribution in [0.2, 0.25) is 0 Å². The second-order valence-corrected chi connectivity index (χ2v) is 7.01. The third-order valence-corrected chi connectivity index (χ3v) is 4.30. The molecule has 1 aromatic rings. The maximum absolute atomic E-state index is 13.7. The van der Waals surface area contributed by atoms with Gasteiger partial charge >= 0.3 is 0 Å². The van der Waals surface area contributed by atoms with Crippen LogP contribution in [0.15, 0.2) is 17.0 Å². The lowest BCUT2D eigenvalue weighted by Gasteiger charge is -2.15. The highest BCUT2D eigenvalue weighted by Gasteiger charge is 2.21. The Morgan fingerprint density at radius 1 is 1.40 bits per heavy atom. The van der Waals surface area contributed by atoms with E-state index < -0.39 is 26.8 Å². The molecule has 20 heavy (non-hydrogen) atoms. The molecule has 4 N–H and O–H groups in total. The van der Waals surface area contributed by atoms with Crippen molar-refractivity contribution in [3.63, 3.8) is 0 Å². The minimum Gasteiger partial charge on any atom is -0.398 e. The van der Waals surface area contributed by atoms with Crippen molar-refractivity contribution >= 4 is 15.7 Å². The van der Waals surface area contributed by atoms with Gasteiger partial charge < -0.3 is 10.8 Å². The van der Waals surface area contributed by atoms with Gasteiger partial charge in [0.2, 0.25) is 10.0 Å². The molecule has 0 bridgehead atoms. The van der Waals surface area contributed by atoms with Crippen LogP contribution in [0.3, 0.4) is 0 Å². The normalized spacial score (nSPS) is 13.7. The van der Waals surface area contributed by atoms with E-state index in [0.29, 0.717) is 12.0 Å². The van der Waals surface area contributed by atoms with Crippen LogP contribution in [0, 0.1) is 18.7 Å². The van der Waals surface area contributed by atoms with Crippen molar-refractivity contribution < 1.29 is 17.9 Å². The van der Waals surface area contributed by atoms with Gasteiger partial charge in [-0.2, -0.15) is 0 Å². The average molecular weight is 304 g/mol. The first kappa shape index (κ1) is 16.9. The molecule has 0 aliphatic heterocycles. The maximum atomic E-state index is 13.7. The quantitative estimate of drug-likeness (QED) is 0.693. The number of hydrogen-bond donors (Lipinski definition) is 3. The second-order valence-electron chi connectivity index (χ2n) is 5.27. The molecule has 0 spiro atoms. The second kappa shape index (κ2) is 6.51. The standard InChI is InChI=1S/C13H21FN2O3S/c1-8(2)4-10(17)7-16-20(18,19)13-6-12(15)9(3)5-11(13)14/h5-6,8,10,16-17H,4,7,15H2,1-3H3. The van der Waals surface area contributed by atoms with Crippen molar-refractivity contribution in [3.8, 4) is 0 Å². The summed E-state index contributed by atoms with van der Waals surface area (Å²) in [4.78, 5) is -0.502. The third-order valence-electron chi connectivity index (χ3n) is 2.86. The van der Waals surface area contributed by atoms with Gasteiger partial charge in [0, 0.05) is 12.2 Å². The molecule has 0 aromatic heterocycles. The fourth-order valence-corrected chi connectivity index (χ4v) is 2.95. The Morgan fingerprint density at radius 2 is 2.00 bits per heavy atom. The molecule has 114 valence electrons. The van der Waals surface area contributed by atoms with Gasteiger partial charge in [-0.25, -0.2) is 17.5 Å². The van der Waals surface area contributed by atoms with Gasteiger partial charge in [-0.05, 0) is 37.0 Å². The number of anilines is 1. The molecule has 0 saturated heterocycles. The lowest BCUT2D eigenvalue weighted by atomic mass is 10.1. The van der Waals surface area contributed by atoms with Crippen LogP contribution in [-0.2, 0) is 10.0 Å². The van der Waals surface area contributed by atoms with Crippen molar-refractivity contribution in [1.82, 2.24) is 4.72 Å². The minimum absolute atomic E-state index is 0.159. The van der Waals surface area contributed by atoms with Crippen LogP contribution >= 0.6 is 0 Å². The number of sulfonamides is 1. The number of nitrogens with two attached hydrogens (primary N) is 1. The van der Waals surface area contributed by atoms with E-state index in [4.69, 9.17) is 5.73 Å². The van der Waals surface area contributed by atoms with E-state index >= 15 is 0 Å². The maximum Gasteiger partial charge on any atom is 0.243 e. The zero-order chi connectivity index (χ0) is 15.5. The summed E-state index contributed by atoms with van der Waals surface area (Å²) in [6, 6.07) is 2.16.